The number of anilines is 2. The molecule has 2 aromatic rings. The number of aromatic nitrogens is 2. The average molecular weight is 386 g/mol. The van der Waals surface area contributed by atoms with Crippen LogP contribution in [0.1, 0.15) is 23.2 Å². The SMILES string of the molecule is O=C(c1ccc(Cl)c(N2CCCC2=O)c1)N1CCN(c2cnccn2)CC1. The predicted molar refractivity (Wildman–Crippen MR) is 103 cm³/mol. The Balaban J connectivity index is 1.47. The maximum atomic E-state index is 12.9. The fourth-order valence-corrected chi connectivity index (χ4v) is 3.75. The van der Waals surface area contributed by atoms with Crippen LogP contribution in [-0.2, 0) is 4.79 Å². The Bertz CT molecular complexity index is 852. The van der Waals surface area contributed by atoms with Gasteiger partial charge >= 0.3 is 0 Å². The molecule has 27 heavy (non-hydrogen) atoms. The Morgan fingerprint density at radius 2 is 1.89 bits per heavy atom. The Morgan fingerprint density at radius 3 is 2.56 bits per heavy atom. The number of amides is 2. The van der Waals surface area contributed by atoms with E-state index in [2.05, 4.69) is 14.9 Å². The second-order valence-corrected chi connectivity index (χ2v) is 7.07. The van der Waals surface area contributed by atoms with Crippen molar-refractivity contribution in [3.63, 3.8) is 0 Å². The molecule has 0 aliphatic carbocycles. The summed E-state index contributed by atoms with van der Waals surface area (Å²) in [6, 6.07) is 5.16. The summed E-state index contributed by atoms with van der Waals surface area (Å²) >= 11 is 6.28. The first-order valence-electron chi connectivity index (χ1n) is 9.03. The molecule has 0 atom stereocenters. The van der Waals surface area contributed by atoms with Gasteiger partial charge in [0.1, 0.15) is 5.82 Å². The summed E-state index contributed by atoms with van der Waals surface area (Å²) in [5.74, 6) is 0.836. The molecule has 0 spiro atoms. The van der Waals surface area contributed by atoms with Crippen LogP contribution >= 0.6 is 11.6 Å². The van der Waals surface area contributed by atoms with Gasteiger partial charge in [0.05, 0.1) is 16.9 Å². The van der Waals surface area contributed by atoms with Gasteiger partial charge in [-0.2, -0.15) is 0 Å². The number of carbonyl (C=O) groups excluding carboxylic acids is 2. The lowest BCUT2D eigenvalue weighted by molar-refractivity contribution is -0.117. The third kappa shape index (κ3) is 3.60. The highest BCUT2D eigenvalue weighted by Crippen LogP contribution is 2.31. The fraction of sp³-hybridized carbons (Fsp3) is 0.368. The fourth-order valence-electron chi connectivity index (χ4n) is 3.53. The zero-order chi connectivity index (χ0) is 18.8. The largest absolute Gasteiger partial charge is 0.352 e. The molecule has 4 rings (SSSR count). The summed E-state index contributed by atoms with van der Waals surface area (Å²) < 4.78 is 0. The standard InChI is InChI=1S/C19H20ClN5O2/c20-15-4-3-14(12-16(15)25-7-1-2-18(25)26)19(27)24-10-8-23(9-11-24)17-13-21-5-6-22-17/h3-6,12-13H,1-2,7-11H2. The molecule has 3 heterocycles. The van der Waals surface area contributed by atoms with Crippen LogP contribution in [0.4, 0.5) is 11.5 Å². The van der Waals surface area contributed by atoms with E-state index >= 15 is 0 Å². The van der Waals surface area contributed by atoms with E-state index in [1.165, 1.54) is 0 Å². The van der Waals surface area contributed by atoms with E-state index in [1.807, 2.05) is 4.90 Å². The molecule has 2 saturated heterocycles. The van der Waals surface area contributed by atoms with Crippen molar-refractivity contribution < 1.29 is 9.59 Å². The van der Waals surface area contributed by atoms with Crippen LogP contribution in [0.25, 0.3) is 0 Å². The molecule has 0 bridgehead atoms. The van der Waals surface area contributed by atoms with E-state index in [-0.39, 0.29) is 11.8 Å². The first-order valence-corrected chi connectivity index (χ1v) is 9.41. The second-order valence-electron chi connectivity index (χ2n) is 6.66. The Hall–Kier alpha value is -2.67. The lowest BCUT2D eigenvalue weighted by atomic mass is 10.1. The van der Waals surface area contributed by atoms with Gasteiger partial charge < -0.3 is 14.7 Å². The number of benzene rings is 1. The number of hydrogen-bond acceptors (Lipinski definition) is 5. The summed E-state index contributed by atoms with van der Waals surface area (Å²) in [5, 5.41) is 0.495. The quantitative estimate of drug-likeness (QED) is 0.810. The Morgan fingerprint density at radius 1 is 1.07 bits per heavy atom. The number of carbonyl (C=O) groups is 2. The highest BCUT2D eigenvalue weighted by atomic mass is 35.5. The highest BCUT2D eigenvalue weighted by molar-refractivity contribution is 6.34. The molecule has 2 fully saturated rings. The van der Waals surface area contributed by atoms with Gasteiger partial charge in [-0.25, -0.2) is 4.98 Å². The van der Waals surface area contributed by atoms with E-state index in [0.717, 1.165) is 12.2 Å². The van der Waals surface area contributed by atoms with Crippen molar-refractivity contribution in [1.82, 2.24) is 14.9 Å². The minimum Gasteiger partial charge on any atom is -0.352 e. The number of piperazine rings is 1. The Labute approximate surface area is 162 Å². The summed E-state index contributed by atoms with van der Waals surface area (Å²) in [7, 11) is 0. The lowest BCUT2D eigenvalue weighted by Crippen LogP contribution is -2.49. The third-order valence-corrected chi connectivity index (χ3v) is 5.32. The molecule has 0 saturated carbocycles. The van der Waals surface area contributed by atoms with Gasteiger partial charge in [0.15, 0.2) is 0 Å². The lowest BCUT2D eigenvalue weighted by Gasteiger charge is -2.35. The van der Waals surface area contributed by atoms with E-state index in [1.54, 1.807) is 41.7 Å². The van der Waals surface area contributed by atoms with Crippen molar-refractivity contribution in [3.8, 4) is 0 Å². The van der Waals surface area contributed by atoms with Crippen molar-refractivity contribution in [3.05, 3.63) is 47.4 Å². The van der Waals surface area contributed by atoms with E-state index in [9.17, 15) is 9.59 Å². The summed E-state index contributed by atoms with van der Waals surface area (Å²) in [5.41, 5.74) is 1.19. The number of halogens is 1. The van der Waals surface area contributed by atoms with Gasteiger partial charge in [0, 0.05) is 57.1 Å². The van der Waals surface area contributed by atoms with Gasteiger partial charge in [0.2, 0.25) is 5.91 Å². The molecular weight excluding hydrogens is 366 g/mol. The van der Waals surface area contributed by atoms with Gasteiger partial charge in [-0.15, -0.1) is 0 Å². The normalized spacial score (nSPS) is 17.5. The minimum absolute atomic E-state index is 0.0432. The van der Waals surface area contributed by atoms with E-state index < -0.39 is 0 Å². The van der Waals surface area contributed by atoms with Crippen molar-refractivity contribution in [2.24, 2.45) is 0 Å². The molecule has 140 valence electrons. The highest BCUT2D eigenvalue weighted by Gasteiger charge is 2.27. The Kier molecular flexibility index (Phi) is 4.94. The molecule has 1 aromatic heterocycles. The molecule has 1 aromatic carbocycles. The number of nitrogens with zero attached hydrogens (tertiary/aromatic N) is 5. The number of rotatable bonds is 3. The maximum absolute atomic E-state index is 12.9. The maximum Gasteiger partial charge on any atom is 0.254 e. The zero-order valence-electron chi connectivity index (χ0n) is 14.8. The van der Waals surface area contributed by atoms with Crippen molar-refractivity contribution in [1.29, 1.82) is 0 Å². The van der Waals surface area contributed by atoms with Crippen molar-refractivity contribution in [2.75, 3.05) is 42.5 Å². The van der Waals surface area contributed by atoms with Gasteiger partial charge in [-0.05, 0) is 24.6 Å². The van der Waals surface area contributed by atoms with Gasteiger partial charge in [0.25, 0.3) is 5.91 Å². The van der Waals surface area contributed by atoms with Gasteiger partial charge in [-0.1, -0.05) is 11.6 Å². The van der Waals surface area contributed by atoms with Crippen LogP contribution in [0, 0.1) is 0 Å². The summed E-state index contributed by atoms with van der Waals surface area (Å²) in [6.45, 7) is 3.27. The van der Waals surface area contributed by atoms with Crippen LogP contribution in [-0.4, -0.2) is 59.4 Å². The average Bonchev–Trinajstić information content (AvgIpc) is 3.14. The van der Waals surface area contributed by atoms with Crippen molar-refractivity contribution >= 4 is 34.9 Å². The van der Waals surface area contributed by atoms with Gasteiger partial charge in [-0.3, -0.25) is 14.6 Å². The smallest absolute Gasteiger partial charge is 0.254 e. The molecule has 7 nitrogen and oxygen atoms in total. The topological polar surface area (TPSA) is 69.6 Å². The molecule has 2 amide bonds. The monoisotopic (exact) mass is 385 g/mol. The number of hydrogen-bond donors (Lipinski definition) is 0. The van der Waals surface area contributed by atoms with Crippen LogP contribution < -0.4 is 9.80 Å². The molecule has 0 N–H and O–H groups in total. The summed E-state index contributed by atoms with van der Waals surface area (Å²) in [4.78, 5) is 39.0. The van der Waals surface area contributed by atoms with Crippen LogP contribution in [0.2, 0.25) is 5.02 Å². The second kappa shape index (κ2) is 7.52. The molecule has 0 unspecified atom stereocenters. The molecule has 2 aliphatic heterocycles. The first kappa shape index (κ1) is 17.7. The molecule has 2 aliphatic rings. The first-order chi connectivity index (χ1) is 13.1. The minimum atomic E-state index is -0.0432. The van der Waals surface area contributed by atoms with E-state index in [0.29, 0.717) is 55.4 Å². The predicted octanol–water partition coefficient (Wildman–Crippen LogP) is 2.22. The van der Waals surface area contributed by atoms with Crippen LogP contribution in [0.15, 0.2) is 36.8 Å². The molecule has 0 radical (unpaired) electrons. The molecule has 8 heteroatoms. The van der Waals surface area contributed by atoms with E-state index in [4.69, 9.17) is 11.6 Å². The molecular formula is C19H20ClN5O2. The van der Waals surface area contributed by atoms with Crippen LogP contribution in [0.3, 0.4) is 0 Å². The third-order valence-electron chi connectivity index (χ3n) is 5.00. The zero-order valence-corrected chi connectivity index (χ0v) is 15.6. The van der Waals surface area contributed by atoms with Crippen LogP contribution in [0.5, 0.6) is 0 Å². The van der Waals surface area contributed by atoms with Crippen molar-refractivity contribution in [2.45, 2.75) is 12.8 Å². The summed E-state index contributed by atoms with van der Waals surface area (Å²) in [6.07, 6.45) is 6.39.